The first-order valence-electron chi connectivity index (χ1n) is 8.66. The molecular formula is C21H24Cl2N4. The van der Waals surface area contributed by atoms with Gasteiger partial charge < -0.3 is 5.73 Å². The smallest absolute Gasteiger partial charge is 0.131 e. The van der Waals surface area contributed by atoms with Crippen molar-refractivity contribution in [1.82, 2.24) is 14.9 Å². The molecule has 0 atom stereocenters. The third kappa shape index (κ3) is 4.78. The molecule has 2 aromatic carbocycles. The summed E-state index contributed by atoms with van der Waals surface area (Å²) in [6.45, 7) is 4.63. The van der Waals surface area contributed by atoms with Crippen LogP contribution in [0.1, 0.15) is 22.5 Å². The number of anilines is 1. The Labute approximate surface area is 172 Å². The molecule has 4 nitrogen and oxygen atoms in total. The summed E-state index contributed by atoms with van der Waals surface area (Å²) in [5.74, 6) is 1.32. The molecule has 0 saturated heterocycles. The number of rotatable bonds is 3. The van der Waals surface area contributed by atoms with Gasteiger partial charge in [0, 0.05) is 31.4 Å². The van der Waals surface area contributed by atoms with E-state index >= 15 is 0 Å². The van der Waals surface area contributed by atoms with E-state index in [0.717, 1.165) is 37.4 Å². The molecule has 3 aromatic rings. The Morgan fingerprint density at radius 1 is 1.00 bits per heavy atom. The molecule has 0 bridgehead atoms. The number of nitrogens with two attached hydrogens (primary N) is 1. The maximum Gasteiger partial charge on any atom is 0.131 e. The Morgan fingerprint density at radius 2 is 1.78 bits per heavy atom. The van der Waals surface area contributed by atoms with Crippen molar-refractivity contribution < 1.29 is 0 Å². The molecule has 0 unspecified atom stereocenters. The van der Waals surface area contributed by atoms with Crippen molar-refractivity contribution in [3.63, 3.8) is 0 Å². The second-order valence-electron chi connectivity index (χ2n) is 6.64. The van der Waals surface area contributed by atoms with E-state index < -0.39 is 0 Å². The fourth-order valence-electron chi connectivity index (χ4n) is 3.43. The van der Waals surface area contributed by atoms with Crippen LogP contribution in [0.25, 0.3) is 11.1 Å². The zero-order valence-electron chi connectivity index (χ0n) is 15.3. The zero-order valence-corrected chi connectivity index (χ0v) is 16.9. The van der Waals surface area contributed by atoms with Crippen molar-refractivity contribution in [3.05, 3.63) is 77.2 Å². The Hall–Kier alpha value is -2.14. The molecule has 6 heteroatoms. The van der Waals surface area contributed by atoms with Crippen molar-refractivity contribution in [1.29, 1.82) is 0 Å². The average molecular weight is 403 g/mol. The van der Waals surface area contributed by atoms with Crippen molar-refractivity contribution >= 4 is 30.6 Å². The predicted octanol–water partition coefficient (Wildman–Crippen LogP) is 4.44. The quantitative estimate of drug-likeness (QED) is 0.703. The van der Waals surface area contributed by atoms with Crippen molar-refractivity contribution in [3.8, 4) is 11.1 Å². The molecule has 2 heterocycles. The predicted molar refractivity (Wildman–Crippen MR) is 115 cm³/mol. The van der Waals surface area contributed by atoms with Crippen LogP contribution in [-0.4, -0.2) is 21.4 Å². The molecule has 27 heavy (non-hydrogen) atoms. The van der Waals surface area contributed by atoms with Gasteiger partial charge in [-0.05, 0) is 35.6 Å². The van der Waals surface area contributed by atoms with E-state index in [2.05, 4.69) is 63.4 Å². The second kappa shape index (κ2) is 9.18. The van der Waals surface area contributed by atoms with Crippen LogP contribution in [0.4, 0.5) is 5.82 Å². The van der Waals surface area contributed by atoms with E-state index in [-0.39, 0.29) is 24.8 Å². The molecule has 0 fully saturated rings. The molecule has 0 saturated carbocycles. The van der Waals surface area contributed by atoms with E-state index in [4.69, 9.17) is 5.73 Å². The number of nitrogen functional groups attached to an aromatic ring is 1. The van der Waals surface area contributed by atoms with Gasteiger partial charge in [-0.15, -0.1) is 24.8 Å². The number of aryl methyl sites for hydroxylation is 1. The van der Waals surface area contributed by atoms with Crippen LogP contribution in [0, 0.1) is 6.92 Å². The molecule has 0 aliphatic carbocycles. The van der Waals surface area contributed by atoms with E-state index in [1.165, 1.54) is 22.3 Å². The molecule has 4 rings (SSSR count). The van der Waals surface area contributed by atoms with Gasteiger partial charge in [0.1, 0.15) is 11.6 Å². The van der Waals surface area contributed by atoms with Gasteiger partial charge in [0.2, 0.25) is 0 Å². The van der Waals surface area contributed by atoms with Crippen LogP contribution in [0.2, 0.25) is 0 Å². The molecule has 0 amide bonds. The van der Waals surface area contributed by atoms with Gasteiger partial charge in [-0.1, -0.05) is 48.5 Å². The van der Waals surface area contributed by atoms with Crippen LogP contribution in [-0.2, 0) is 19.5 Å². The summed E-state index contributed by atoms with van der Waals surface area (Å²) in [7, 11) is 0. The van der Waals surface area contributed by atoms with E-state index in [9.17, 15) is 0 Å². The first kappa shape index (κ1) is 21.2. The zero-order chi connectivity index (χ0) is 17.2. The van der Waals surface area contributed by atoms with Crippen LogP contribution in [0.5, 0.6) is 0 Å². The van der Waals surface area contributed by atoms with Crippen LogP contribution in [0.3, 0.4) is 0 Å². The lowest BCUT2D eigenvalue weighted by atomic mass is 9.94. The van der Waals surface area contributed by atoms with Crippen molar-refractivity contribution in [2.45, 2.75) is 26.4 Å². The Bertz CT molecular complexity index is 900. The van der Waals surface area contributed by atoms with Crippen LogP contribution >= 0.6 is 24.8 Å². The molecule has 2 N–H and O–H groups in total. The largest absolute Gasteiger partial charge is 0.383 e. The highest BCUT2D eigenvalue weighted by Crippen LogP contribution is 2.27. The Kier molecular flexibility index (Phi) is 7.19. The first-order chi connectivity index (χ1) is 12.2. The maximum absolute atomic E-state index is 6.04. The molecule has 1 aromatic heterocycles. The van der Waals surface area contributed by atoms with Crippen molar-refractivity contribution in [2.24, 2.45) is 0 Å². The Balaban J connectivity index is 0.00000131. The van der Waals surface area contributed by atoms with Gasteiger partial charge in [-0.25, -0.2) is 9.97 Å². The summed E-state index contributed by atoms with van der Waals surface area (Å²) >= 11 is 0. The minimum absolute atomic E-state index is 0. The minimum Gasteiger partial charge on any atom is -0.383 e. The lowest BCUT2D eigenvalue weighted by molar-refractivity contribution is 0.245. The summed E-state index contributed by atoms with van der Waals surface area (Å²) < 4.78 is 0. The fourth-order valence-corrected chi connectivity index (χ4v) is 3.43. The molecule has 1 aliphatic rings. The second-order valence-corrected chi connectivity index (χ2v) is 6.64. The van der Waals surface area contributed by atoms with E-state index in [1.54, 1.807) is 0 Å². The monoisotopic (exact) mass is 402 g/mol. The molecule has 0 radical (unpaired) electrons. The first-order valence-corrected chi connectivity index (χ1v) is 8.66. The average Bonchev–Trinajstić information content (AvgIpc) is 2.64. The summed E-state index contributed by atoms with van der Waals surface area (Å²) in [5.41, 5.74) is 12.5. The number of hydrogen-bond donors (Lipinski definition) is 1. The SMILES string of the molecule is Cc1ncc(CN2CCc3cc(-c4ccccc4)ccc3C2)c(N)n1.Cl.Cl. The lowest BCUT2D eigenvalue weighted by Crippen LogP contribution is -2.30. The van der Waals surface area contributed by atoms with Gasteiger partial charge in [-0.2, -0.15) is 0 Å². The van der Waals surface area contributed by atoms with E-state index in [1.807, 2.05) is 13.1 Å². The number of aromatic nitrogens is 2. The molecule has 0 spiro atoms. The maximum atomic E-state index is 6.04. The van der Waals surface area contributed by atoms with Gasteiger partial charge in [0.05, 0.1) is 0 Å². The third-order valence-electron chi connectivity index (χ3n) is 4.82. The van der Waals surface area contributed by atoms with Gasteiger partial charge in [-0.3, -0.25) is 4.90 Å². The lowest BCUT2D eigenvalue weighted by Gasteiger charge is -2.29. The summed E-state index contributed by atoms with van der Waals surface area (Å²) in [6, 6.07) is 17.4. The number of benzene rings is 2. The number of nitrogens with zero attached hydrogens (tertiary/aromatic N) is 3. The topological polar surface area (TPSA) is 55.0 Å². The van der Waals surface area contributed by atoms with Crippen LogP contribution in [0.15, 0.2) is 54.7 Å². The highest BCUT2D eigenvalue weighted by atomic mass is 35.5. The van der Waals surface area contributed by atoms with Crippen molar-refractivity contribution in [2.75, 3.05) is 12.3 Å². The highest BCUT2D eigenvalue weighted by molar-refractivity contribution is 5.85. The highest BCUT2D eigenvalue weighted by Gasteiger charge is 2.18. The molecule has 142 valence electrons. The van der Waals surface area contributed by atoms with Crippen LogP contribution < -0.4 is 5.73 Å². The standard InChI is InChI=1S/C21H22N4.2ClH/c1-15-23-12-20(21(22)24-15)14-25-10-9-18-11-17(7-8-19(18)13-25)16-5-3-2-4-6-16;;/h2-8,11-12H,9-10,13-14H2,1H3,(H2,22,23,24);2*1H. The summed E-state index contributed by atoms with van der Waals surface area (Å²) in [4.78, 5) is 11.0. The summed E-state index contributed by atoms with van der Waals surface area (Å²) in [6.07, 6.45) is 2.91. The van der Waals surface area contributed by atoms with E-state index in [0.29, 0.717) is 5.82 Å². The summed E-state index contributed by atoms with van der Waals surface area (Å²) in [5, 5.41) is 0. The third-order valence-corrected chi connectivity index (χ3v) is 4.82. The van der Waals surface area contributed by atoms with Gasteiger partial charge >= 0.3 is 0 Å². The number of hydrogen-bond acceptors (Lipinski definition) is 4. The normalized spacial score (nSPS) is 13.2. The minimum atomic E-state index is 0. The van der Waals surface area contributed by atoms with Gasteiger partial charge in [0.15, 0.2) is 0 Å². The Morgan fingerprint density at radius 3 is 2.52 bits per heavy atom. The molecule has 1 aliphatic heterocycles. The van der Waals surface area contributed by atoms with Gasteiger partial charge in [0.25, 0.3) is 0 Å². The number of halogens is 2. The number of fused-ring (bicyclic) bond motifs is 1. The fraction of sp³-hybridized carbons (Fsp3) is 0.238. The molecular weight excluding hydrogens is 379 g/mol.